The maximum atomic E-state index is 3.72. The van der Waals surface area contributed by atoms with Crippen LogP contribution in [0.5, 0.6) is 0 Å². The molecule has 3 rings (SSSR count). The fourth-order valence-corrected chi connectivity index (χ4v) is 3.91. The zero-order valence-corrected chi connectivity index (χ0v) is 13.3. The Bertz CT molecular complexity index is 417. The Hall–Kier alpha value is -1.02. The van der Waals surface area contributed by atoms with Crippen molar-refractivity contribution in [3.05, 3.63) is 29.8 Å². The van der Waals surface area contributed by atoms with Crippen LogP contribution < -0.4 is 10.2 Å². The van der Waals surface area contributed by atoms with Gasteiger partial charge in [0.1, 0.15) is 0 Å². The van der Waals surface area contributed by atoms with Crippen molar-refractivity contribution >= 4 is 5.69 Å². The minimum Gasteiger partial charge on any atom is -0.371 e. The zero-order chi connectivity index (χ0) is 14.3. The summed E-state index contributed by atoms with van der Waals surface area (Å²) in [6.45, 7) is 4.71. The van der Waals surface area contributed by atoms with E-state index in [0.717, 1.165) is 12.5 Å². The molecule has 0 unspecified atom stereocenters. The van der Waals surface area contributed by atoms with E-state index in [1.165, 1.54) is 82.3 Å². The number of hydrogen-bond acceptors (Lipinski definition) is 2. The summed E-state index contributed by atoms with van der Waals surface area (Å²) in [6.07, 6.45) is 11.3. The summed E-state index contributed by atoms with van der Waals surface area (Å²) in [5.41, 5.74) is 2.95. The second-order valence-electron chi connectivity index (χ2n) is 6.81. The van der Waals surface area contributed by atoms with E-state index >= 15 is 0 Å². The first-order valence-electron chi connectivity index (χ1n) is 8.97. The van der Waals surface area contributed by atoms with Gasteiger partial charge in [-0.15, -0.1) is 0 Å². The Morgan fingerprint density at radius 1 is 0.905 bits per heavy atom. The molecule has 1 aliphatic heterocycles. The fraction of sp³-hybridized carbons (Fsp3) is 0.684. The summed E-state index contributed by atoms with van der Waals surface area (Å²) in [7, 11) is 0. The lowest BCUT2D eigenvalue weighted by Gasteiger charge is -2.31. The molecule has 1 saturated heterocycles. The smallest absolute Gasteiger partial charge is 0.0411 e. The lowest BCUT2D eigenvalue weighted by molar-refractivity contribution is 0.342. The van der Waals surface area contributed by atoms with Crippen molar-refractivity contribution in [2.24, 2.45) is 5.92 Å². The molecule has 0 aromatic heterocycles. The van der Waals surface area contributed by atoms with Gasteiger partial charge >= 0.3 is 0 Å². The average Bonchev–Trinajstić information content (AvgIpc) is 2.57. The molecule has 116 valence electrons. The van der Waals surface area contributed by atoms with Gasteiger partial charge in [0.15, 0.2) is 0 Å². The topological polar surface area (TPSA) is 15.3 Å². The van der Waals surface area contributed by atoms with Gasteiger partial charge in [-0.2, -0.15) is 0 Å². The van der Waals surface area contributed by atoms with E-state index in [9.17, 15) is 0 Å². The molecule has 1 aliphatic carbocycles. The first-order chi connectivity index (χ1) is 10.4. The van der Waals surface area contributed by atoms with E-state index in [1.807, 2.05) is 0 Å². The molecule has 2 fully saturated rings. The number of hydrogen-bond donors (Lipinski definition) is 1. The number of para-hydroxylation sites is 1. The molecule has 0 bridgehead atoms. The molecular weight excluding hydrogens is 256 g/mol. The van der Waals surface area contributed by atoms with Crippen LogP contribution >= 0.6 is 0 Å². The predicted octanol–water partition coefficient (Wildman–Crippen LogP) is 4.35. The Kier molecular flexibility index (Phi) is 5.56. The van der Waals surface area contributed by atoms with Gasteiger partial charge in [0.2, 0.25) is 0 Å². The molecule has 1 saturated carbocycles. The van der Waals surface area contributed by atoms with E-state index in [0.29, 0.717) is 0 Å². The van der Waals surface area contributed by atoms with Gasteiger partial charge in [-0.3, -0.25) is 0 Å². The van der Waals surface area contributed by atoms with Crippen molar-refractivity contribution in [2.75, 3.05) is 24.5 Å². The van der Waals surface area contributed by atoms with E-state index in [2.05, 4.69) is 34.5 Å². The van der Waals surface area contributed by atoms with Gasteiger partial charge in [-0.25, -0.2) is 0 Å². The van der Waals surface area contributed by atoms with Crippen molar-refractivity contribution < 1.29 is 0 Å². The van der Waals surface area contributed by atoms with Crippen molar-refractivity contribution in [3.8, 4) is 0 Å². The van der Waals surface area contributed by atoms with Crippen LogP contribution in [0.1, 0.15) is 56.9 Å². The molecule has 0 radical (unpaired) electrons. The molecule has 0 spiro atoms. The largest absolute Gasteiger partial charge is 0.371 e. The maximum Gasteiger partial charge on any atom is 0.0411 e. The number of anilines is 1. The molecule has 1 aromatic carbocycles. The summed E-state index contributed by atoms with van der Waals surface area (Å²) in [5.74, 6) is 0.917. The second kappa shape index (κ2) is 7.84. The Morgan fingerprint density at radius 3 is 2.43 bits per heavy atom. The highest BCUT2D eigenvalue weighted by Gasteiger charge is 2.15. The van der Waals surface area contributed by atoms with Crippen molar-refractivity contribution in [1.82, 2.24) is 5.32 Å². The molecule has 1 N–H and O–H groups in total. The highest BCUT2D eigenvalue weighted by molar-refractivity contribution is 5.53. The molecule has 2 nitrogen and oxygen atoms in total. The predicted molar refractivity (Wildman–Crippen MR) is 90.8 cm³/mol. The molecular formula is C19H30N2. The number of rotatable bonds is 5. The number of benzene rings is 1. The first-order valence-corrected chi connectivity index (χ1v) is 8.97. The summed E-state index contributed by atoms with van der Waals surface area (Å²) < 4.78 is 0. The molecule has 0 amide bonds. The number of nitrogens with one attached hydrogen (secondary N) is 1. The summed E-state index contributed by atoms with van der Waals surface area (Å²) in [4.78, 5) is 2.58. The van der Waals surface area contributed by atoms with E-state index in [-0.39, 0.29) is 0 Å². The monoisotopic (exact) mass is 286 g/mol. The second-order valence-corrected chi connectivity index (χ2v) is 6.81. The number of piperidine rings is 1. The minimum atomic E-state index is 0.917. The van der Waals surface area contributed by atoms with E-state index < -0.39 is 0 Å². The molecule has 21 heavy (non-hydrogen) atoms. The van der Waals surface area contributed by atoms with Crippen molar-refractivity contribution in [2.45, 2.75) is 57.9 Å². The first kappa shape index (κ1) is 14.9. The van der Waals surface area contributed by atoms with E-state index in [1.54, 1.807) is 0 Å². The minimum absolute atomic E-state index is 0.917. The van der Waals surface area contributed by atoms with Crippen LogP contribution in [0, 0.1) is 5.92 Å². The van der Waals surface area contributed by atoms with Crippen molar-refractivity contribution in [1.29, 1.82) is 0 Å². The standard InChI is InChI=1S/C19H30N2/c1-3-9-17(10-4-1)15-20-16-18-11-5-6-12-19(18)21-13-7-2-8-14-21/h5-6,11-12,17,20H,1-4,7-10,13-16H2. The van der Waals surface area contributed by atoms with Gasteiger partial charge in [-0.1, -0.05) is 37.5 Å². The molecule has 1 aromatic rings. The summed E-state index contributed by atoms with van der Waals surface area (Å²) >= 11 is 0. The third-order valence-electron chi connectivity index (χ3n) is 5.16. The normalized spacial score (nSPS) is 20.7. The SMILES string of the molecule is c1ccc(N2CCCCC2)c(CNCC2CCCCC2)c1. The lowest BCUT2D eigenvalue weighted by Crippen LogP contribution is -2.31. The quantitative estimate of drug-likeness (QED) is 0.866. The van der Waals surface area contributed by atoms with Crippen LogP contribution in [-0.4, -0.2) is 19.6 Å². The van der Waals surface area contributed by atoms with Gasteiger partial charge < -0.3 is 10.2 Å². The van der Waals surface area contributed by atoms with Gasteiger partial charge in [-0.05, 0) is 56.2 Å². The van der Waals surface area contributed by atoms with E-state index in [4.69, 9.17) is 0 Å². The highest BCUT2D eigenvalue weighted by Crippen LogP contribution is 2.25. The van der Waals surface area contributed by atoms with Crippen LogP contribution in [-0.2, 0) is 6.54 Å². The van der Waals surface area contributed by atoms with Gasteiger partial charge in [0, 0.05) is 25.3 Å². The molecule has 0 atom stereocenters. The van der Waals surface area contributed by atoms with Gasteiger partial charge in [0.25, 0.3) is 0 Å². The maximum absolute atomic E-state index is 3.72. The van der Waals surface area contributed by atoms with Gasteiger partial charge in [0.05, 0.1) is 0 Å². The summed E-state index contributed by atoms with van der Waals surface area (Å²) in [5, 5.41) is 3.72. The molecule has 2 heteroatoms. The Balaban J connectivity index is 1.54. The van der Waals surface area contributed by atoms with Crippen LogP contribution in [0.15, 0.2) is 24.3 Å². The van der Waals surface area contributed by atoms with Crippen LogP contribution in [0.4, 0.5) is 5.69 Å². The third kappa shape index (κ3) is 4.23. The van der Waals surface area contributed by atoms with Crippen molar-refractivity contribution in [3.63, 3.8) is 0 Å². The lowest BCUT2D eigenvalue weighted by atomic mass is 9.89. The Labute approximate surface area is 129 Å². The third-order valence-corrected chi connectivity index (χ3v) is 5.16. The highest BCUT2D eigenvalue weighted by atomic mass is 15.1. The van der Waals surface area contributed by atoms with Crippen LogP contribution in [0.2, 0.25) is 0 Å². The average molecular weight is 286 g/mol. The van der Waals surface area contributed by atoms with Crippen LogP contribution in [0.3, 0.4) is 0 Å². The molecule has 1 heterocycles. The zero-order valence-electron chi connectivity index (χ0n) is 13.3. The number of nitrogens with zero attached hydrogens (tertiary/aromatic N) is 1. The fourth-order valence-electron chi connectivity index (χ4n) is 3.91. The van der Waals surface area contributed by atoms with Crippen LogP contribution in [0.25, 0.3) is 0 Å². The Morgan fingerprint density at radius 2 is 1.62 bits per heavy atom. The summed E-state index contributed by atoms with van der Waals surface area (Å²) in [6, 6.07) is 8.99. The molecule has 2 aliphatic rings.